The fourth-order valence-electron chi connectivity index (χ4n) is 3.20. The summed E-state index contributed by atoms with van der Waals surface area (Å²) in [5, 5.41) is 0.664. The highest BCUT2D eigenvalue weighted by Crippen LogP contribution is 2.36. The van der Waals surface area contributed by atoms with E-state index in [0.717, 1.165) is 35.2 Å². The Balaban J connectivity index is 1.76. The number of anilines is 1. The van der Waals surface area contributed by atoms with Crippen molar-refractivity contribution in [3.63, 3.8) is 0 Å². The number of thiophene rings is 1. The smallest absolute Gasteiger partial charge is 0.262 e. The number of rotatable bonds is 4. The predicted molar refractivity (Wildman–Crippen MR) is 114 cm³/mol. The zero-order valence-electron chi connectivity index (χ0n) is 14.9. The Labute approximate surface area is 175 Å². The Morgan fingerprint density at radius 2 is 2.15 bits per heavy atom. The number of hydrogen-bond donors (Lipinski definition) is 0. The fourth-order valence-corrected chi connectivity index (χ4v) is 5.68. The van der Waals surface area contributed by atoms with Gasteiger partial charge in [0.2, 0.25) is 0 Å². The highest BCUT2D eigenvalue weighted by Gasteiger charge is 2.29. The molecule has 1 aromatic carbocycles. The van der Waals surface area contributed by atoms with Crippen LogP contribution >= 0.6 is 45.9 Å². The van der Waals surface area contributed by atoms with Gasteiger partial charge in [-0.3, -0.25) is 9.69 Å². The second-order valence-corrected chi connectivity index (χ2v) is 9.93. The molecule has 4 rings (SSSR count). The van der Waals surface area contributed by atoms with Crippen molar-refractivity contribution in [3.8, 4) is 0 Å². The van der Waals surface area contributed by atoms with Crippen LogP contribution in [-0.2, 0) is 4.74 Å². The van der Waals surface area contributed by atoms with E-state index in [1.165, 1.54) is 28.2 Å². The molecule has 0 N–H and O–H groups in total. The van der Waals surface area contributed by atoms with Gasteiger partial charge in [0.1, 0.15) is 4.34 Å². The minimum Gasteiger partial charge on any atom is -0.376 e. The number of fused-ring (bicyclic) bond motifs is 1. The summed E-state index contributed by atoms with van der Waals surface area (Å²) in [6.07, 6.45) is 1.96. The van der Waals surface area contributed by atoms with Crippen molar-refractivity contribution < 1.29 is 9.53 Å². The molecule has 0 bridgehead atoms. The lowest BCUT2D eigenvalue weighted by atomic mass is 10.1. The summed E-state index contributed by atoms with van der Waals surface area (Å²) in [5.74, 6) is -0.188. The van der Waals surface area contributed by atoms with Crippen LogP contribution in [-0.4, -0.2) is 30.1 Å². The molecule has 3 aromatic rings. The molecule has 27 heavy (non-hydrogen) atoms. The quantitative estimate of drug-likeness (QED) is 0.491. The van der Waals surface area contributed by atoms with Crippen molar-refractivity contribution in [1.82, 2.24) is 4.98 Å². The Hall–Kier alpha value is -1.18. The Morgan fingerprint density at radius 1 is 1.33 bits per heavy atom. The zero-order valence-corrected chi connectivity index (χ0v) is 18.1. The third-order valence-corrected chi connectivity index (χ3v) is 7.38. The maximum atomic E-state index is 13.3. The van der Waals surface area contributed by atoms with Gasteiger partial charge >= 0.3 is 0 Å². The monoisotopic (exact) mass is 440 g/mol. The first-order valence-electron chi connectivity index (χ1n) is 8.69. The number of aryl methyl sites for hydroxylation is 2. The van der Waals surface area contributed by atoms with E-state index >= 15 is 0 Å². The van der Waals surface area contributed by atoms with Crippen molar-refractivity contribution in [3.05, 3.63) is 43.6 Å². The molecule has 0 spiro atoms. The molecular weight excluding hydrogens is 423 g/mol. The molecular formula is C19H18Cl2N2O2S2. The number of nitrogens with zero attached hydrogens (tertiary/aromatic N) is 2. The molecule has 0 aliphatic carbocycles. The zero-order chi connectivity index (χ0) is 19.1. The van der Waals surface area contributed by atoms with Crippen LogP contribution in [0.25, 0.3) is 10.2 Å². The summed E-state index contributed by atoms with van der Waals surface area (Å²) < 4.78 is 7.73. The van der Waals surface area contributed by atoms with E-state index in [0.29, 0.717) is 25.9 Å². The van der Waals surface area contributed by atoms with Gasteiger partial charge in [0.25, 0.3) is 5.91 Å². The number of ether oxygens (including phenoxy) is 1. The number of benzene rings is 1. The van der Waals surface area contributed by atoms with E-state index in [-0.39, 0.29) is 12.0 Å². The van der Waals surface area contributed by atoms with Crippen LogP contribution in [0, 0.1) is 13.8 Å². The van der Waals surface area contributed by atoms with Crippen molar-refractivity contribution in [1.29, 1.82) is 0 Å². The molecule has 1 amide bonds. The lowest BCUT2D eigenvalue weighted by Gasteiger charge is -2.22. The predicted octanol–water partition coefficient (Wildman–Crippen LogP) is 6.11. The number of hydrogen-bond acceptors (Lipinski definition) is 5. The fraction of sp³-hybridized carbons (Fsp3) is 0.368. The maximum absolute atomic E-state index is 13.3. The molecule has 0 radical (unpaired) electrons. The van der Waals surface area contributed by atoms with Crippen LogP contribution in [0.5, 0.6) is 0 Å². The van der Waals surface area contributed by atoms with Crippen molar-refractivity contribution in [2.45, 2.75) is 32.8 Å². The topological polar surface area (TPSA) is 42.4 Å². The van der Waals surface area contributed by atoms with E-state index in [4.69, 9.17) is 32.9 Å². The largest absolute Gasteiger partial charge is 0.376 e. The van der Waals surface area contributed by atoms with Gasteiger partial charge in [-0.1, -0.05) is 40.6 Å². The van der Waals surface area contributed by atoms with Crippen molar-refractivity contribution in [2.75, 3.05) is 18.1 Å². The minimum absolute atomic E-state index is 0.0108. The van der Waals surface area contributed by atoms with E-state index in [1.54, 1.807) is 11.0 Å². The summed E-state index contributed by atoms with van der Waals surface area (Å²) in [7, 11) is 0. The van der Waals surface area contributed by atoms with Crippen LogP contribution in [0.3, 0.4) is 0 Å². The molecule has 142 valence electrons. The van der Waals surface area contributed by atoms with Crippen LogP contribution in [0.4, 0.5) is 5.13 Å². The number of thiazole rings is 1. The van der Waals surface area contributed by atoms with Gasteiger partial charge in [-0.05, 0) is 49.9 Å². The van der Waals surface area contributed by atoms with Crippen LogP contribution < -0.4 is 4.90 Å². The van der Waals surface area contributed by atoms with Crippen LogP contribution in [0.1, 0.15) is 34.3 Å². The van der Waals surface area contributed by atoms with Gasteiger partial charge in [-0.15, -0.1) is 11.3 Å². The van der Waals surface area contributed by atoms with E-state index in [2.05, 4.69) is 26.0 Å². The normalized spacial score (nSPS) is 17.0. The average molecular weight is 441 g/mol. The molecule has 1 aliphatic rings. The Morgan fingerprint density at radius 3 is 2.81 bits per heavy atom. The third-order valence-electron chi connectivity index (χ3n) is 4.85. The number of halogens is 2. The second kappa shape index (κ2) is 7.68. The molecule has 1 saturated heterocycles. The molecule has 0 saturated carbocycles. The van der Waals surface area contributed by atoms with Crippen molar-refractivity contribution >= 4 is 67.1 Å². The first-order chi connectivity index (χ1) is 12.9. The highest BCUT2D eigenvalue weighted by atomic mass is 35.5. The van der Waals surface area contributed by atoms with Gasteiger partial charge in [0.05, 0.1) is 32.8 Å². The van der Waals surface area contributed by atoms with Gasteiger partial charge in [0, 0.05) is 6.61 Å². The second-order valence-electron chi connectivity index (χ2n) is 6.64. The summed E-state index contributed by atoms with van der Waals surface area (Å²) in [6, 6.07) is 5.77. The summed E-state index contributed by atoms with van der Waals surface area (Å²) in [6.45, 7) is 5.31. The molecule has 2 aromatic heterocycles. The molecule has 1 fully saturated rings. The van der Waals surface area contributed by atoms with Gasteiger partial charge < -0.3 is 4.74 Å². The third kappa shape index (κ3) is 3.74. The summed E-state index contributed by atoms with van der Waals surface area (Å²) in [5.41, 5.74) is 3.67. The Kier molecular flexibility index (Phi) is 5.45. The van der Waals surface area contributed by atoms with Gasteiger partial charge in [-0.2, -0.15) is 0 Å². The number of carbonyl (C=O) groups is 1. The van der Waals surface area contributed by atoms with Crippen molar-refractivity contribution in [2.24, 2.45) is 0 Å². The summed E-state index contributed by atoms with van der Waals surface area (Å²) >= 11 is 15.0. The number of aromatic nitrogens is 1. The molecule has 4 nitrogen and oxygen atoms in total. The van der Waals surface area contributed by atoms with E-state index in [9.17, 15) is 4.79 Å². The molecule has 8 heteroatoms. The minimum atomic E-state index is -0.188. The molecule has 1 atom stereocenters. The lowest BCUT2D eigenvalue weighted by Crippen LogP contribution is -2.37. The first kappa shape index (κ1) is 19.2. The SMILES string of the molecule is Cc1ccc2sc(N(C[C@@H]3CCCO3)C(=O)c3cc(Cl)sc3Cl)nc2c1C. The lowest BCUT2D eigenvalue weighted by molar-refractivity contribution is 0.0918. The van der Waals surface area contributed by atoms with Crippen LogP contribution in [0.2, 0.25) is 8.67 Å². The molecule has 0 unspecified atom stereocenters. The highest BCUT2D eigenvalue weighted by molar-refractivity contribution is 7.22. The summed E-state index contributed by atoms with van der Waals surface area (Å²) in [4.78, 5) is 19.8. The van der Waals surface area contributed by atoms with E-state index < -0.39 is 0 Å². The molecule has 1 aliphatic heterocycles. The molecule has 3 heterocycles. The van der Waals surface area contributed by atoms with Gasteiger partial charge in [0.15, 0.2) is 5.13 Å². The standard InChI is InChI=1S/C19H18Cl2N2O2S2/c1-10-5-6-14-16(11(10)2)22-19(26-14)23(9-12-4-3-7-25-12)18(24)13-8-15(20)27-17(13)21/h5-6,8,12H,3-4,7,9H2,1-2H3/t12-/m0/s1. The average Bonchev–Trinajstić information content (AvgIpc) is 3.35. The number of carbonyl (C=O) groups excluding carboxylic acids is 1. The Bertz CT molecular complexity index is 1010. The van der Waals surface area contributed by atoms with Crippen LogP contribution in [0.15, 0.2) is 18.2 Å². The van der Waals surface area contributed by atoms with E-state index in [1.807, 2.05) is 0 Å². The first-order valence-corrected chi connectivity index (χ1v) is 11.1. The number of amides is 1. The maximum Gasteiger partial charge on any atom is 0.262 e. The van der Waals surface area contributed by atoms with Gasteiger partial charge in [-0.25, -0.2) is 4.98 Å².